The van der Waals surface area contributed by atoms with Gasteiger partial charge in [-0.15, -0.1) is 0 Å². The Hall–Kier alpha value is -0.920. The molecule has 1 aromatic heterocycles. The molecule has 1 saturated carbocycles. The lowest BCUT2D eigenvalue weighted by Crippen LogP contribution is -2.53. The highest BCUT2D eigenvalue weighted by atomic mass is 79.9. The number of likely N-dealkylation sites (tertiary alicyclic amines) is 1. The third kappa shape index (κ3) is 4.63. The van der Waals surface area contributed by atoms with Crippen LogP contribution in [0.3, 0.4) is 0 Å². The van der Waals surface area contributed by atoms with Gasteiger partial charge in [0.05, 0.1) is 12.3 Å². The second-order valence-electron chi connectivity index (χ2n) is 7.48. The summed E-state index contributed by atoms with van der Waals surface area (Å²) in [6.07, 6.45) is 9.16. The molecule has 3 rings (SSSR count). The van der Waals surface area contributed by atoms with Crippen molar-refractivity contribution >= 4 is 27.6 Å². The van der Waals surface area contributed by atoms with E-state index in [1.54, 1.807) is 6.20 Å². The average molecular weight is 412 g/mol. The van der Waals surface area contributed by atoms with Crippen molar-refractivity contribution in [2.45, 2.75) is 70.1 Å². The quantitative estimate of drug-likeness (QED) is 0.772. The predicted octanol–water partition coefficient (Wildman–Crippen LogP) is 3.44. The van der Waals surface area contributed by atoms with E-state index >= 15 is 0 Å². The maximum Gasteiger partial charge on any atom is 0.170 e. The summed E-state index contributed by atoms with van der Waals surface area (Å²) in [5.41, 5.74) is 6.26. The van der Waals surface area contributed by atoms with Crippen molar-refractivity contribution in [1.82, 2.24) is 14.9 Å². The summed E-state index contributed by atoms with van der Waals surface area (Å²) in [5, 5.41) is 3.47. The van der Waals surface area contributed by atoms with E-state index in [1.165, 1.54) is 25.7 Å². The highest BCUT2D eigenvalue weighted by Crippen LogP contribution is 2.36. The topological polar surface area (TPSA) is 76.3 Å². The number of aromatic nitrogens is 2. The summed E-state index contributed by atoms with van der Waals surface area (Å²) < 4.78 is 6.52. The van der Waals surface area contributed by atoms with E-state index < -0.39 is 0 Å². The molecule has 2 aliphatic rings. The number of nitrogens with zero attached hydrogens (tertiary/aromatic N) is 3. The van der Waals surface area contributed by atoms with Crippen LogP contribution in [0.1, 0.15) is 52.4 Å². The average Bonchev–Trinajstić information content (AvgIpc) is 2.61. The van der Waals surface area contributed by atoms with Gasteiger partial charge < -0.3 is 15.8 Å². The van der Waals surface area contributed by atoms with Crippen LogP contribution < -0.4 is 11.1 Å². The number of rotatable bonds is 5. The molecule has 1 aromatic rings. The van der Waals surface area contributed by atoms with E-state index in [2.05, 4.69) is 50.0 Å². The molecule has 140 valence electrons. The van der Waals surface area contributed by atoms with Crippen molar-refractivity contribution in [3.05, 3.63) is 10.8 Å². The minimum Gasteiger partial charge on any atom is -0.381 e. The predicted molar refractivity (Wildman–Crippen MR) is 105 cm³/mol. The number of ether oxygens (including phenoxy) is 1. The van der Waals surface area contributed by atoms with Crippen molar-refractivity contribution in [3.8, 4) is 0 Å². The molecule has 1 aliphatic heterocycles. The minimum absolute atomic E-state index is 0.327. The Balaban J connectivity index is 1.51. The molecule has 0 atom stereocenters. The highest BCUT2D eigenvalue weighted by molar-refractivity contribution is 9.10. The van der Waals surface area contributed by atoms with Gasteiger partial charge in [-0.1, -0.05) is 0 Å². The maximum atomic E-state index is 5.93. The molecule has 0 amide bonds. The largest absolute Gasteiger partial charge is 0.381 e. The fourth-order valence-electron chi connectivity index (χ4n) is 4.17. The third-order valence-corrected chi connectivity index (χ3v) is 6.16. The van der Waals surface area contributed by atoms with Gasteiger partial charge in [0.2, 0.25) is 0 Å². The molecule has 1 aliphatic carbocycles. The number of hydrogen-bond donors (Lipinski definition) is 2. The van der Waals surface area contributed by atoms with E-state index in [9.17, 15) is 0 Å². The van der Waals surface area contributed by atoms with Gasteiger partial charge in [0.25, 0.3) is 0 Å². The van der Waals surface area contributed by atoms with Crippen LogP contribution in [-0.4, -0.2) is 52.2 Å². The van der Waals surface area contributed by atoms with Crippen LogP contribution in [0.4, 0.5) is 11.6 Å². The van der Waals surface area contributed by atoms with Gasteiger partial charge in [0, 0.05) is 31.3 Å². The van der Waals surface area contributed by atoms with Crippen LogP contribution in [0.5, 0.6) is 0 Å². The number of nitrogens with one attached hydrogen (secondary N) is 1. The van der Waals surface area contributed by atoms with Crippen LogP contribution in [0, 0.1) is 0 Å². The van der Waals surface area contributed by atoms with Gasteiger partial charge in [-0.05, 0) is 68.3 Å². The summed E-state index contributed by atoms with van der Waals surface area (Å²) in [5.74, 6) is 1.16. The second kappa shape index (κ2) is 8.18. The van der Waals surface area contributed by atoms with E-state index in [1.807, 2.05) is 0 Å². The Bertz CT molecular complexity index is 569. The number of halogens is 1. The number of hydrogen-bond acceptors (Lipinski definition) is 6. The Kier molecular flexibility index (Phi) is 6.17. The summed E-state index contributed by atoms with van der Waals surface area (Å²) in [7, 11) is 0. The Morgan fingerprint density at radius 1 is 1.32 bits per heavy atom. The maximum absolute atomic E-state index is 5.93. The lowest BCUT2D eigenvalue weighted by molar-refractivity contribution is -0.0242. The van der Waals surface area contributed by atoms with Gasteiger partial charge in [-0.3, -0.25) is 4.90 Å². The summed E-state index contributed by atoms with van der Waals surface area (Å²) >= 11 is 3.36. The smallest absolute Gasteiger partial charge is 0.170 e. The molecule has 0 unspecified atom stereocenters. The number of nitrogen functional groups attached to an aromatic ring is 1. The monoisotopic (exact) mass is 411 g/mol. The minimum atomic E-state index is 0.327. The third-order valence-electron chi connectivity index (χ3n) is 5.78. The Morgan fingerprint density at radius 3 is 2.64 bits per heavy atom. The fourth-order valence-corrected chi connectivity index (χ4v) is 4.45. The number of anilines is 2. The van der Waals surface area contributed by atoms with Crippen molar-refractivity contribution in [1.29, 1.82) is 0 Å². The van der Waals surface area contributed by atoms with Crippen molar-refractivity contribution in [2.75, 3.05) is 30.7 Å². The SMILES string of the molecule is CCOC1CCC(C)(N2CCC(Nc3nc(Br)cnc3N)CC2)CC1. The Labute approximate surface area is 159 Å². The molecule has 2 fully saturated rings. The van der Waals surface area contributed by atoms with E-state index in [0.29, 0.717) is 33.9 Å². The fraction of sp³-hybridized carbons (Fsp3) is 0.778. The molecule has 2 heterocycles. The lowest BCUT2D eigenvalue weighted by Gasteiger charge is -2.48. The van der Waals surface area contributed by atoms with Crippen molar-refractivity contribution in [3.63, 3.8) is 0 Å². The first-order valence-corrected chi connectivity index (χ1v) is 10.2. The van der Waals surface area contributed by atoms with E-state index in [4.69, 9.17) is 10.5 Å². The van der Waals surface area contributed by atoms with Crippen LogP contribution in [0.15, 0.2) is 10.8 Å². The molecule has 1 saturated heterocycles. The Morgan fingerprint density at radius 2 is 2.00 bits per heavy atom. The van der Waals surface area contributed by atoms with Crippen molar-refractivity contribution < 1.29 is 4.74 Å². The standard InChI is InChI=1S/C18H30BrN5O/c1-3-25-14-4-8-18(2,9-5-14)24-10-6-13(7-11-24)22-17-16(20)21-12-15(19)23-17/h12-14H,3-11H2,1-2H3,(H2,20,21)(H,22,23). The van der Waals surface area contributed by atoms with Gasteiger partial charge in [0.1, 0.15) is 4.60 Å². The molecule has 7 heteroatoms. The summed E-state index contributed by atoms with van der Waals surface area (Å²) in [6.45, 7) is 7.60. The highest BCUT2D eigenvalue weighted by Gasteiger charge is 2.38. The summed E-state index contributed by atoms with van der Waals surface area (Å²) in [4.78, 5) is 11.2. The molecule has 25 heavy (non-hydrogen) atoms. The normalized spacial score (nSPS) is 28.8. The van der Waals surface area contributed by atoms with E-state index in [0.717, 1.165) is 32.5 Å². The molecule has 0 aromatic carbocycles. The zero-order valence-electron chi connectivity index (χ0n) is 15.3. The molecule has 0 bridgehead atoms. The van der Waals surface area contributed by atoms with Gasteiger partial charge in [-0.2, -0.15) is 0 Å². The first kappa shape index (κ1) is 18.9. The van der Waals surface area contributed by atoms with Crippen LogP contribution in [0.2, 0.25) is 0 Å². The first-order chi connectivity index (χ1) is 12.0. The molecule has 0 radical (unpaired) electrons. The molecule has 0 spiro atoms. The van der Waals surface area contributed by atoms with Crippen LogP contribution in [-0.2, 0) is 4.74 Å². The van der Waals surface area contributed by atoms with Crippen LogP contribution >= 0.6 is 15.9 Å². The zero-order chi connectivity index (χ0) is 17.9. The molecular weight excluding hydrogens is 382 g/mol. The van der Waals surface area contributed by atoms with E-state index in [-0.39, 0.29) is 0 Å². The number of piperidine rings is 1. The number of nitrogens with two attached hydrogens (primary N) is 1. The molecule has 3 N–H and O–H groups in total. The summed E-state index contributed by atoms with van der Waals surface area (Å²) in [6, 6.07) is 0.408. The zero-order valence-corrected chi connectivity index (χ0v) is 16.9. The second-order valence-corrected chi connectivity index (χ2v) is 8.30. The van der Waals surface area contributed by atoms with Crippen molar-refractivity contribution in [2.24, 2.45) is 0 Å². The van der Waals surface area contributed by atoms with Crippen LogP contribution in [0.25, 0.3) is 0 Å². The lowest BCUT2D eigenvalue weighted by atomic mass is 9.79. The molecular formula is C18H30BrN5O. The van der Waals surface area contributed by atoms with Gasteiger partial charge in [-0.25, -0.2) is 9.97 Å². The van der Waals surface area contributed by atoms with Gasteiger partial charge >= 0.3 is 0 Å². The van der Waals surface area contributed by atoms with Gasteiger partial charge in [0.15, 0.2) is 11.6 Å². The first-order valence-electron chi connectivity index (χ1n) is 9.41. The molecule has 6 nitrogen and oxygen atoms in total.